The molecule has 0 saturated carbocycles. The van der Waals surface area contributed by atoms with E-state index in [0.29, 0.717) is 5.56 Å². The van der Waals surface area contributed by atoms with Crippen molar-refractivity contribution in [3.63, 3.8) is 0 Å². The number of carbonyl (C=O) groups is 1. The molecule has 0 aliphatic rings. The average molecular weight is 265 g/mol. The number of carboxylic acids is 1. The van der Waals surface area contributed by atoms with Gasteiger partial charge in [-0.1, -0.05) is 0 Å². The summed E-state index contributed by atoms with van der Waals surface area (Å²) in [5.41, 5.74) is 0.603. The summed E-state index contributed by atoms with van der Waals surface area (Å²) in [7, 11) is 0. The molecule has 0 bridgehead atoms. The van der Waals surface area contributed by atoms with Gasteiger partial charge in [-0.25, -0.2) is 4.39 Å². The molecule has 19 heavy (non-hydrogen) atoms. The smallest absolute Gasteiger partial charge is 0.320 e. The predicted molar refractivity (Wildman–Crippen MR) is 63.6 cm³/mol. The Kier molecular flexibility index (Phi) is 3.86. The lowest BCUT2D eigenvalue weighted by atomic mass is 10.2. The minimum atomic E-state index is -0.960. The van der Waals surface area contributed by atoms with Gasteiger partial charge in [-0.3, -0.25) is 10.1 Å². The zero-order valence-electron chi connectivity index (χ0n) is 10.1. The van der Waals surface area contributed by atoms with Crippen LogP contribution in [-0.2, 0) is 11.3 Å². The van der Waals surface area contributed by atoms with E-state index in [1.165, 1.54) is 31.2 Å². The summed E-state index contributed by atoms with van der Waals surface area (Å²) in [6.45, 7) is 1.67. The molecule has 0 radical (unpaired) electrons. The maximum absolute atomic E-state index is 12.8. The monoisotopic (exact) mass is 265 g/mol. The first-order valence-corrected chi connectivity index (χ1v) is 5.61. The largest absolute Gasteiger partial charge is 0.480 e. The van der Waals surface area contributed by atoms with Crippen LogP contribution in [0.3, 0.4) is 0 Å². The fourth-order valence-electron chi connectivity index (χ4n) is 1.36. The van der Waals surface area contributed by atoms with E-state index >= 15 is 0 Å². The van der Waals surface area contributed by atoms with Crippen molar-refractivity contribution in [2.45, 2.75) is 19.5 Å². The SMILES string of the molecule is C[C@@H](NCc1nnc(-c2ccc(F)cc2)o1)C(=O)O. The maximum atomic E-state index is 12.8. The number of rotatable bonds is 5. The lowest BCUT2D eigenvalue weighted by Crippen LogP contribution is -2.33. The molecule has 2 aromatic rings. The summed E-state index contributed by atoms with van der Waals surface area (Å²) >= 11 is 0. The summed E-state index contributed by atoms with van der Waals surface area (Å²) in [5.74, 6) is -0.772. The summed E-state index contributed by atoms with van der Waals surface area (Å²) in [6.07, 6.45) is 0. The molecule has 1 aromatic carbocycles. The second-order valence-electron chi connectivity index (χ2n) is 3.95. The van der Waals surface area contributed by atoms with Gasteiger partial charge < -0.3 is 9.52 Å². The Balaban J connectivity index is 2.03. The molecular formula is C12H12FN3O3. The van der Waals surface area contributed by atoms with Crippen LogP contribution in [0.25, 0.3) is 11.5 Å². The molecule has 0 aliphatic heterocycles. The fraction of sp³-hybridized carbons (Fsp3) is 0.250. The Morgan fingerprint density at radius 3 is 2.74 bits per heavy atom. The number of hydrogen-bond acceptors (Lipinski definition) is 5. The zero-order valence-corrected chi connectivity index (χ0v) is 10.1. The van der Waals surface area contributed by atoms with Crippen LogP contribution in [0.4, 0.5) is 4.39 Å². The van der Waals surface area contributed by atoms with E-state index in [1.807, 2.05) is 0 Å². The molecule has 0 saturated heterocycles. The van der Waals surface area contributed by atoms with Crippen molar-refractivity contribution in [2.75, 3.05) is 0 Å². The van der Waals surface area contributed by atoms with Gasteiger partial charge in [0.1, 0.15) is 11.9 Å². The van der Waals surface area contributed by atoms with Crippen LogP contribution in [-0.4, -0.2) is 27.3 Å². The van der Waals surface area contributed by atoms with Crippen molar-refractivity contribution in [1.29, 1.82) is 0 Å². The molecule has 6 nitrogen and oxygen atoms in total. The highest BCUT2D eigenvalue weighted by Crippen LogP contribution is 2.17. The molecule has 0 spiro atoms. The molecule has 2 N–H and O–H groups in total. The third-order valence-corrected chi connectivity index (χ3v) is 2.49. The summed E-state index contributed by atoms with van der Waals surface area (Å²) in [4.78, 5) is 10.6. The second-order valence-corrected chi connectivity index (χ2v) is 3.95. The van der Waals surface area contributed by atoms with Crippen LogP contribution in [0.5, 0.6) is 0 Å². The van der Waals surface area contributed by atoms with Gasteiger partial charge in [0, 0.05) is 5.56 Å². The second kappa shape index (κ2) is 5.57. The molecule has 0 aliphatic carbocycles. The number of hydrogen-bond donors (Lipinski definition) is 2. The molecule has 1 aromatic heterocycles. The number of halogens is 1. The predicted octanol–water partition coefficient (Wildman–Crippen LogP) is 1.44. The van der Waals surface area contributed by atoms with Crippen molar-refractivity contribution >= 4 is 5.97 Å². The van der Waals surface area contributed by atoms with Gasteiger partial charge in [-0.15, -0.1) is 10.2 Å². The molecular weight excluding hydrogens is 253 g/mol. The average Bonchev–Trinajstić information content (AvgIpc) is 2.85. The van der Waals surface area contributed by atoms with Gasteiger partial charge in [-0.05, 0) is 31.2 Å². The van der Waals surface area contributed by atoms with Gasteiger partial charge in [0.25, 0.3) is 0 Å². The molecule has 0 amide bonds. The lowest BCUT2D eigenvalue weighted by molar-refractivity contribution is -0.139. The van der Waals surface area contributed by atoms with Gasteiger partial charge in [0.2, 0.25) is 11.8 Å². The fourth-order valence-corrected chi connectivity index (χ4v) is 1.36. The number of nitrogens with one attached hydrogen (secondary N) is 1. The zero-order chi connectivity index (χ0) is 13.8. The van der Waals surface area contributed by atoms with Crippen LogP contribution >= 0.6 is 0 Å². The third kappa shape index (κ3) is 3.35. The first-order valence-electron chi connectivity index (χ1n) is 5.61. The molecule has 1 heterocycles. The van der Waals surface area contributed by atoms with E-state index in [0.717, 1.165) is 0 Å². The number of carboxylic acid groups (broad SMARTS) is 1. The van der Waals surface area contributed by atoms with Crippen molar-refractivity contribution in [3.8, 4) is 11.5 Å². The summed E-state index contributed by atoms with van der Waals surface area (Å²) in [6, 6.07) is 4.94. The minimum absolute atomic E-state index is 0.154. The van der Waals surface area contributed by atoms with E-state index < -0.39 is 12.0 Å². The molecule has 2 rings (SSSR count). The van der Waals surface area contributed by atoms with Crippen molar-refractivity contribution in [1.82, 2.24) is 15.5 Å². The molecule has 7 heteroatoms. The van der Waals surface area contributed by atoms with Crippen molar-refractivity contribution < 1.29 is 18.7 Å². The molecule has 100 valence electrons. The number of nitrogens with zero attached hydrogens (tertiary/aromatic N) is 2. The van der Waals surface area contributed by atoms with Crippen LogP contribution in [0.2, 0.25) is 0 Å². The highest BCUT2D eigenvalue weighted by molar-refractivity contribution is 5.72. The number of aliphatic carboxylic acids is 1. The number of benzene rings is 1. The minimum Gasteiger partial charge on any atom is -0.480 e. The van der Waals surface area contributed by atoms with Crippen molar-refractivity contribution in [2.24, 2.45) is 0 Å². The van der Waals surface area contributed by atoms with Gasteiger partial charge >= 0.3 is 5.97 Å². The van der Waals surface area contributed by atoms with E-state index in [9.17, 15) is 9.18 Å². The third-order valence-electron chi connectivity index (χ3n) is 2.49. The Labute approximate surface area is 108 Å². The van der Waals surface area contributed by atoms with E-state index in [2.05, 4.69) is 15.5 Å². The normalized spacial score (nSPS) is 12.3. The van der Waals surface area contributed by atoms with Gasteiger partial charge in [0.05, 0.1) is 6.54 Å². The number of aromatic nitrogens is 2. The van der Waals surface area contributed by atoms with E-state index in [-0.39, 0.29) is 24.1 Å². The van der Waals surface area contributed by atoms with Crippen molar-refractivity contribution in [3.05, 3.63) is 36.0 Å². The first-order chi connectivity index (χ1) is 9.06. The Hall–Kier alpha value is -2.28. The van der Waals surface area contributed by atoms with Crippen LogP contribution in [0.15, 0.2) is 28.7 Å². The topological polar surface area (TPSA) is 88.3 Å². The maximum Gasteiger partial charge on any atom is 0.320 e. The highest BCUT2D eigenvalue weighted by atomic mass is 19.1. The van der Waals surface area contributed by atoms with Crippen LogP contribution in [0.1, 0.15) is 12.8 Å². The molecule has 0 fully saturated rings. The van der Waals surface area contributed by atoms with Gasteiger partial charge in [-0.2, -0.15) is 0 Å². The first kappa shape index (κ1) is 13.2. The highest BCUT2D eigenvalue weighted by Gasteiger charge is 2.13. The van der Waals surface area contributed by atoms with Crippen LogP contribution < -0.4 is 5.32 Å². The summed E-state index contributed by atoms with van der Waals surface area (Å²) in [5, 5.41) is 19.0. The Morgan fingerprint density at radius 2 is 2.11 bits per heavy atom. The lowest BCUT2D eigenvalue weighted by Gasteiger charge is -2.05. The molecule has 0 unspecified atom stereocenters. The Bertz CT molecular complexity index is 568. The van der Waals surface area contributed by atoms with E-state index in [1.54, 1.807) is 0 Å². The van der Waals surface area contributed by atoms with Crippen LogP contribution in [0, 0.1) is 5.82 Å². The quantitative estimate of drug-likeness (QED) is 0.850. The summed E-state index contributed by atoms with van der Waals surface area (Å²) < 4.78 is 18.1. The van der Waals surface area contributed by atoms with Gasteiger partial charge in [0.15, 0.2) is 0 Å². The molecule has 1 atom stereocenters. The van der Waals surface area contributed by atoms with E-state index in [4.69, 9.17) is 9.52 Å². The Morgan fingerprint density at radius 1 is 1.42 bits per heavy atom. The standard InChI is InChI=1S/C12H12FN3O3/c1-7(12(17)18)14-6-10-15-16-11(19-10)8-2-4-9(13)5-3-8/h2-5,7,14H,6H2,1H3,(H,17,18)/t7-/m1/s1.